The van der Waals surface area contributed by atoms with Crippen LogP contribution in [0.25, 0.3) is 0 Å². The van der Waals surface area contributed by atoms with Crippen LogP contribution in [0.1, 0.15) is 26.7 Å². The van der Waals surface area contributed by atoms with Gasteiger partial charge in [0.1, 0.15) is 0 Å². The van der Waals surface area contributed by atoms with E-state index in [9.17, 15) is 0 Å². The van der Waals surface area contributed by atoms with Crippen LogP contribution in [-0.2, 0) is 4.74 Å². The van der Waals surface area contributed by atoms with Gasteiger partial charge >= 0.3 is 0 Å². The third kappa shape index (κ3) is 5.54. The first-order valence-corrected chi connectivity index (χ1v) is 6.08. The summed E-state index contributed by atoms with van der Waals surface area (Å²) < 4.78 is 10.7. The molecule has 0 amide bonds. The van der Waals surface area contributed by atoms with E-state index in [2.05, 4.69) is 10.3 Å². The molecule has 0 aliphatic heterocycles. The maximum absolute atomic E-state index is 5.67. The third-order valence-electron chi connectivity index (χ3n) is 2.20. The van der Waals surface area contributed by atoms with Gasteiger partial charge in [-0.05, 0) is 38.8 Å². The van der Waals surface area contributed by atoms with Crippen molar-refractivity contribution in [3.8, 4) is 5.75 Å². The van der Waals surface area contributed by atoms with Gasteiger partial charge in [0.25, 0.3) is 0 Å². The number of anilines is 1. The highest BCUT2D eigenvalue weighted by molar-refractivity contribution is 5.49. The normalized spacial score (nSPS) is 10.6. The first-order chi connectivity index (χ1) is 8.24. The predicted octanol–water partition coefficient (Wildman–Crippen LogP) is 2.71. The van der Waals surface area contributed by atoms with E-state index < -0.39 is 0 Å². The summed E-state index contributed by atoms with van der Waals surface area (Å²) in [5, 5.41) is 3.29. The summed E-state index contributed by atoms with van der Waals surface area (Å²) in [6.07, 6.45) is 4.04. The molecule has 0 aliphatic rings. The fourth-order valence-corrected chi connectivity index (χ4v) is 1.45. The quantitative estimate of drug-likeness (QED) is 0.707. The highest BCUT2D eigenvalue weighted by atomic mass is 16.5. The van der Waals surface area contributed by atoms with Crippen LogP contribution < -0.4 is 10.1 Å². The molecule has 4 nitrogen and oxygen atoms in total. The van der Waals surface area contributed by atoms with Crippen LogP contribution in [0.3, 0.4) is 0 Å². The average molecular weight is 238 g/mol. The van der Waals surface area contributed by atoms with Crippen molar-refractivity contribution in [2.24, 2.45) is 0 Å². The number of unbranched alkanes of at least 4 members (excludes halogenated alkanes) is 1. The molecule has 1 N–H and O–H groups in total. The SMILES string of the molecule is COCCCCNc1ncccc1OC(C)C. The summed E-state index contributed by atoms with van der Waals surface area (Å²) in [6.45, 7) is 5.71. The number of pyridine rings is 1. The molecule has 1 heterocycles. The van der Waals surface area contributed by atoms with Crippen LogP contribution in [0, 0.1) is 0 Å². The van der Waals surface area contributed by atoms with Crippen molar-refractivity contribution >= 4 is 5.82 Å². The van der Waals surface area contributed by atoms with Gasteiger partial charge < -0.3 is 14.8 Å². The van der Waals surface area contributed by atoms with Gasteiger partial charge in [0.2, 0.25) is 0 Å². The zero-order valence-corrected chi connectivity index (χ0v) is 10.9. The van der Waals surface area contributed by atoms with Crippen molar-refractivity contribution in [1.29, 1.82) is 0 Å². The number of rotatable bonds is 8. The van der Waals surface area contributed by atoms with E-state index in [-0.39, 0.29) is 6.10 Å². The number of ether oxygens (including phenoxy) is 2. The van der Waals surface area contributed by atoms with Crippen molar-refractivity contribution in [1.82, 2.24) is 4.98 Å². The Kier molecular flexibility index (Phi) is 6.40. The summed E-state index contributed by atoms with van der Waals surface area (Å²) in [4.78, 5) is 4.28. The fraction of sp³-hybridized carbons (Fsp3) is 0.615. The van der Waals surface area contributed by atoms with E-state index in [0.717, 1.165) is 37.6 Å². The molecular formula is C13H22N2O2. The van der Waals surface area contributed by atoms with Crippen molar-refractivity contribution in [2.75, 3.05) is 25.6 Å². The van der Waals surface area contributed by atoms with Gasteiger partial charge in [0.15, 0.2) is 11.6 Å². The van der Waals surface area contributed by atoms with Gasteiger partial charge in [-0.1, -0.05) is 0 Å². The molecule has 17 heavy (non-hydrogen) atoms. The standard InChI is InChI=1S/C13H22N2O2/c1-11(2)17-12-7-6-9-15-13(12)14-8-4-5-10-16-3/h6-7,9,11H,4-5,8,10H2,1-3H3,(H,14,15). The second kappa shape index (κ2) is 7.90. The molecular weight excluding hydrogens is 216 g/mol. The molecule has 0 atom stereocenters. The predicted molar refractivity (Wildman–Crippen MR) is 69.6 cm³/mol. The second-order valence-electron chi connectivity index (χ2n) is 4.14. The van der Waals surface area contributed by atoms with Crippen LogP contribution in [0.2, 0.25) is 0 Å². The van der Waals surface area contributed by atoms with Crippen molar-refractivity contribution < 1.29 is 9.47 Å². The molecule has 1 rings (SSSR count). The molecule has 1 aromatic rings. The summed E-state index contributed by atoms with van der Waals surface area (Å²) in [7, 11) is 1.72. The molecule has 0 bridgehead atoms. The Balaban J connectivity index is 2.40. The van der Waals surface area contributed by atoms with Crippen LogP contribution in [0.15, 0.2) is 18.3 Å². The average Bonchev–Trinajstić information content (AvgIpc) is 2.30. The number of aromatic nitrogens is 1. The van der Waals surface area contributed by atoms with Gasteiger partial charge in [0.05, 0.1) is 6.10 Å². The van der Waals surface area contributed by atoms with Crippen LogP contribution in [0.5, 0.6) is 5.75 Å². The molecule has 96 valence electrons. The van der Waals surface area contributed by atoms with Crippen LogP contribution in [0.4, 0.5) is 5.82 Å². The third-order valence-corrected chi connectivity index (χ3v) is 2.20. The molecule has 0 spiro atoms. The lowest BCUT2D eigenvalue weighted by molar-refractivity contribution is 0.193. The largest absolute Gasteiger partial charge is 0.487 e. The minimum absolute atomic E-state index is 0.160. The van der Waals surface area contributed by atoms with E-state index in [0.29, 0.717) is 0 Å². The Labute approximate surface area is 103 Å². The Hall–Kier alpha value is -1.29. The summed E-state index contributed by atoms with van der Waals surface area (Å²) in [6, 6.07) is 3.82. The number of hydrogen-bond acceptors (Lipinski definition) is 4. The van der Waals surface area contributed by atoms with Gasteiger partial charge in [-0.15, -0.1) is 0 Å². The topological polar surface area (TPSA) is 43.4 Å². The molecule has 0 unspecified atom stereocenters. The van der Waals surface area contributed by atoms with Gasteiger partial charge in [0, 0.05) is 26.5 Å². The van der Waals surface area contributed by atoms with Crippen LogP contribution in [-0.4, -0.2) is 31.3 Å². The monoisotopic (exact) mass is 238 g/mol. The smallest absolute Gasteiger partial charge is 0.168 e. The summed E-state index contributed by atoms with van der Waals surface area (Å²) in [5.41, 5.74) is 0. The fourth-order valence-electron chi connectivity index (χ4n) is 1.45. The molecule has 0 aliphatic carbocycles. The van der Waals surface area contributed by atoms with E-state index in [1.54, 1.807) is 13.3 Å². The van der Waals surface area contributed by atoms with E-state index in [1.165, 1.54) is 0 Å². The maximum atomic E-state index is 5.67. The Morgan fingerprint density at radius 3 is 2.88 bits per heavy atom. The molecule has 0 fully saturated rings. The zero-order valence-electron chi connectivity index (χ0n) is 10.9. The lowest BCUT2D eigenvalue weighted by Crippen LogP contribution is -2.10. The van der Waals surface area contributed by atoms with Gasteiger partial charge in [-0.3, -0.25) is 0 Å². The molecule has 1 aromatic heterocycles. The minimum atomic E-state index is 0.160. The highest BCUT2D eigenvalue weighted by Gasteiger charge is 2.05. The lowest BCUT2D eigenvalue weighted by Gasteiger charge is -2.14. The van der Waals surface area contributed by atoms with Crippen molar-refractivity contribution in [2.45, 2.75) is 32.8 Å². The van der Waals surface area contributed by atoms with Crippen LogP contribution >= 0.6 is 0 Å². The van der Waals surface area contributed by atoms with Gasteiger partial charge in [-0.25, -0.2) is 4.98 Å². The molecule has 0 radical (unpaired) electrons. The van der Waals surface area contributed by atoms with Crippen molar-refractivity contribution in [3.63, 3.8) is 0 Å². The summed E-state index contributed by atoms with van der Waals surface area (Å²) >= 11 is 0. The first kappa shape index (κ1) is 13.8. The number of hydrogen-bond donors (Lipinski definition) is 1. The Morgan fingerprint density at radius 1 is 1.35 bits per heavy atom. The maximum Gasteiger partial charge on any atom is 0.168 e. The minimum Gasteiger partial charge on any atom is -0.487 e. The Morgan fingerprint density at radius 2 is 2.18 bits per heavy atom. The highest BCUT2D eigenvalue weighted by Crippen LogP contribution is 2.21. The van der Waals surface area contributed by atoms with E-state index >= 15 is 0 Å². The zero-order chi connectivity index (χ0) is 12.5. The Bertz CT molecular complexity index is 316. The van der Waals surface area contributed by atoms with Crippen molar-refractivity contribution in [3.05, 3.63) is 18.3 Å². The van der Waals surface area contributed by atoms with E-state index in [4.69, 9.17) is 9.47 Å². The number of nitrogens with zero attached hydrogens (tertiary/aromatic N) is 1. The number of nitrogens with one attached hydrogen (secondary N) is 1. The lowest BCUT2D eigenvalue weighted by atomic mass is 10.3. The first-order valence-electron chi connectivity index (χ1n) is 6.08. The second-order valence-corrected chi connectivity index (χ2v) is 4.14. The van der Waals surface area contributed by atoms with Gasteiger partial charge in [-0.2, -0.15) is 0 Å². The summed E-state index contributed by atoms with van der Waals surface area (Å²) in [5.74, 6) is 1.63. The number of methoxy groups -OCH3 is 1. The molecule has 0 saturated heterocycles. The molecule has 0 saturated carbocycles. The van der Waals surface area contributed by atoms with E-state index in [1.807, 2.05) is 26.0 Å². The molecule has 0 aromatic carbocycles. The molecule has 4 heteroatoms.